The maximum Gasteiger partial charge on any atom is 0.285 e. The summed E-state index contributed by atoms with van der Waals surface area (Å²) in [4.78, 5) is 22.2. The molecule has 5 nitrogen and oxygen atoms in total. The Morgan fingerprint density at radius 2 is 1.90 bits per heavy atom. The topological polar surface area (TPSA) is 72.2 Å². The van der Waals surface area contributed by atoms with Crippen molar-refractivity contribution in [1.82, 2.24) is 5.32 Å². The number of alkyl halides is 1. The van der Waals surface area contributed by atoms with E-state index in [0.717, 1.165) is 25.7 Å². The van der Waals surface area contributed by atoms with Gasteiger partial charge in [0.1, 0.15) is 5.56 Å². The molecule has 1 saturated carbocycles. The molecule has 0 unspecified atom stereocenters. The molecule has 0 spiro atoms. The van der Waals surface area contributed by atoms with Gasteiger partial charge < -0.3 is 5.32 Å². The van der Waals surface area contributed by atoms with E-state index in [1.165, 1.54) is 0 Å². The third kappa shape index (κ3) is 3.20. The number of carbonyl (C=O) groups is 1. The summed E-state index contributed by atoms with van der Waals surface area (Å²) in [6.45, 7) is 0. The smallest absolute Gasteiger partial charge is 0.285 e. The summed E-state index contributed by atoms with van der Waals surface area (Å²) in [5, 5.41) is 14.1. The van der Waals surface area contributed by atoms with Crippen molar-refractivity contribution in [3.05, 3.63) is 39.4 Å². The van der Waals surface area contributed by atoms with Crippen LogP contribution >= 0.6 is 15.9 Å². The normalized spacial score (nSPS) is 16.7. The van der Waals surface area contributed by atoms with Crippen molar-refractivity contribution in [2.75, 3.05) is 5.33 Å². The van der Waals surface area contributed by atoms with E-state index < -0.39 is 39.3 Å². The minimum atomic E-state index is -1.35. The zero-order valence-corrected chi connectivity index (χ0v) is 12.6. The molecule has 0 bridgehead atoms. The number of carbonyl (C=O) groups excluding carboxylic acids is 1. The molecule has 1 aromatic carbocycles. The molecule has 8 heteroatoms. The second kappa shape index (κ2) is 6.05. The van der Waals surface area contributed by atoms with Crippen LogP contribution in [0.15, 0.2) is 12.1 Å². The number of hydrogen-bond acceptors (Lipinski definition) is 3. The van der Waals surface area contributed by atoms with Crippen molar-refractivity contribution in [2.24, 2.45) is 0 Å². The van der Waals surface area contributed by atoms with Crippen LogP contribution in [0.1, 0.15) is 36.0 Å². The minimum Gasteiger partial charge on any atom is -0.346 e. The predicted molar refractivity (Wildman–Crippen MR) is 75.5 cm³/mol. The molecule has 0 saturated heterocycles. The molecule has 1 aromatic rings. The minimum absolute atomic E-state index is 0.430. The van der Waals surface area contributed by atoms with E-state index in [1.54, 1.807) is 0 Å². The highest BCUT2D eigenvalue weighted by Gasteiger charge is 2.36. The van der Waals surface area contributed by atoms with Gasteiger partial charge in [0.2, 0.25) is 0 Å². The molecule has 114 valence electrons. The van der Waals surface area contributed by atoms with Crippen LogP contribution in [0.4, 0.5) is 14.5 Å². The highest BCUT2D eigenvalue weighted by atomic mass is 79.9. The summed E-state index contributed by atoms with van der Waals surface area (Å²) in [5.74, 6) is -3.40. The fourth-order valence-corrected chi connectivity index (χ4v) is 3.22. The Kier molecular flexibility index (Phi) is 4.55. The Morgan fingerprint density at radius 3 is 2.43 bits per heavy atom. The van der Waals surface area contributed by atoms with Gasteiger partial charge in [0, 0.05) is 5.33 Å². The molecule has 0 heterocycles. The first kappa shape index (κ1) is 15.8. The second-order valence-corrected chi connectivity index (χ2v) is 5.68. The number of nitro groups is 1. The summed E-state index contributed by atoms with van der Waals surface area (Å²) < 4.78 is 26.4. The first-order valence-corrected chi connectivity index (χ1v) is 7.52. The lowest BCUT2D eigenvalue weighted by atomic mass is 9.99. The molecule has 1 amide bonds. The number of nitrogens with one attached hydrogen (secondary N) is 1. The Hall–Kier alpha value is -1.57. The van der Waals surface area contributed by atoms with Crippen LogP contribution < -0.4 is 5.32 Å². The molecular weight excluding hydrogens is 350 g/mol. The van der Waals surface area contributed by atoms with Gasteiger partial charge in [-0.05, 0) is 18.9 Å². The highest BCUT2D eigenvalue weighted by molar-refractivity contribution is 9.09. The van der Waals surface area contributed by atoms with Gasteiger partial charge in [0.05, 0.1) is 16.5 Å². The van der Waals surface area contributed by atoms with Gasteiger partial charge in [0.25, 0.3) is 11.6 Å². The van der Waals surface area contributed by atoms with Crippen molar-refractivity contribution in [3.63, 3.8) is 0 Å². The van der Waals surface area contributed by atoms with E-state index in [-0.39, 0.29) is 0 Å². The number of nitro benzene ring substituents is 1. The number of hydrogen-bond donors (Lipinski definition) is 1. The zero-order valence-electron chi connectivity index (χ0n) is 11.0. The van der Waals surface area contributed by atoms with Gasteiger partial charge in [-0.3, -0.25) is 14.9 Å². The summed E-state index contributed by atoms with van der Waals surface area (Å²) in [5.41, 5.74) is -1.70. The Balaban J connectivity index is 2.34. The maximum atomic E-state index is 13.3. The summed E-state index contributed by atoms with van der Waals surface area (Å²) in [7, 11) is 0. The Bertz CT molecular complexity index is 589. The largest absolute Gasteiger partial charge is 0.346 e. The third-order valence-electron chi connectivity index (χ3n) is 3.68. The van der Waals surface area contributed by atoms with E-state index in [0.29, 0.717) is 17.5 Å². The predicted octanol–water partition coefficient (Wildman–Crippen LogP) is 3.31. The van der Waals surface area contributed by atoms with Crippen LogP contribution in [0.5, 0.6) is 0 Å². The molecule has 0 radical (unpaired) electrons. The monoisotopic (exact) mass is 362 g/mol. The molecule has 0 aliphatic heterocycles. The van der Waals surface area contributed by atoms with Crippen molar-refractivity contribution < 1.29 is 18.5 Å². The SMILES string of the molecule is O=C(NC1(CBr)CCCC1)c1cc(F)c(F)cc1[N+](=O)[O-]. The van der Waals surface area contributed by atoms with Crippen molar-refractivity contribution in [1.29, 1.82) is 0 Å². The lowest BCUT2D eigenvalue weighted by Gasteiger charge is -2.28. The van der Waals surface area contributed by atoms with Crippen molar-refractivity contribution >= 4 is 27.5 Å². The second-order valence-electron chi connectivity index (χ2n) is 5.12. The standard InChI is InChI=1S/C13H13BrF2N2O3/c14-7-13(3-1-2-4-13)17-12(19)8-5-9(15)10(16)6-11(8)18(20)21/h5-6H,1-4,7H2,(H,17,19). The number of rotatable bonds is 4. The lowest BCUT2D eigenvalue weighted by molar-refractivity contribution is -0.385. The van der Waals surface area contributed by atoms with E-state index in [4.69, 9.17) is 0 Å². The van der Waals surface area contributed by atoms with Gasteiger partial charge in [-0.15, -0.1) is 0 Å². The van der Waals surface area contributed by atoms with Crippen LogP contribution in [-0.4, -0.2) is 21.7 Å². The van der Waals surface area contributed by atoms with Crippen molar-refractivity contribution in [2.45, 2.75) is 31.2 Å². The molecule has 1 N–H and O–H groups in total. The fraction of sp³-hybridized carbons (Fsp3) is 0.462. The summed E-state index contributed by atoms with van der Waals surface area (Å²) in [6, 6.07) is 0.999. The van der Waals surface area contributed by atoms with E-state index in [2.05, 4.69) is 21.2 Å². The van der Waals surface area contributed by atoms with Crippen LogP contribution in [-0.2, 0) is 0 Å². The summed E-state index contributed by atoms with van der Waals surface area (Å²) >= 11 is 3.33. The lowest BCUT2D eigenvalue weighted by Crippen LogP contribution is -2.47. The number of benzene rings is 1. The van der Waals surface area contributed by atoms with E-state index >= 15 is 0 Å². The van der Waals surface area contributed by atoms with Crippen LogP contribution in [0, 0.1) is 21.7 Å². The maximum absolute atomic E-state index is 13.3. The fourth-order valence-electron chi connectivity index (χ4n) is 2.52. The van der Waals surface area contributed by atoms with Crippen LogP contribution in [0.3, 0.4) is 0 Å². The van der Waals surface area contributed by atoms with Gasteiger partial charge in [-0.1, -0.05) is 28.8 Å². The molecule has 1 aliphatic rings. The number of halogens is 3. The molecule has 1 fully saturated rings. The summed E-state index contributed by atoms with van der Waals surface area (Å²) in [6.07, 6.45) is 3.35. The van der Waals surface area contributed by atoms with E-state index in [9.17, 15) is 23.7 Å². The quantitative estimate of drug-likeness (QED) is 0.507. The Morgan fingerprint density at radius 1 is 1.33 bits per heavy atom. The number of amides is 1. The molecule has 1 aliphatic carbocycles. The van der Waals surface area contributed by atoms with E-state index in [1.807, 2.05) is 0 Å². The zero-order chi connectivity index (χ0) is 15.6. The first-order valence-electron chi connectivity index (χ1n) is 6.40. The van der Waals surface area contributed by atoms with Gasteiger partial charge in [-0.2, -0.15) is 0 Å². The highest BCUT2D eigenvalue weighted by Crippen LogP contribution is 2.32. The molecule has 0 atom stereocenters. The van der Waals surface area contributed by atoms with Crippen LogP contribution in [0.25, 0.3) is 0 Å². The molecule has 0 aromatic heterocycles. The van der Waals surface area contributed by atoms with Gasteiger partial charge in [0.15, 0.2) is 11.6 Å². The molecular formula is C13H13BrF2N2O3. The van der Waals surface area contributed by atoms with Crippen LogP contribution in [0.2, 0.25) is 0 Å². The molecule has 2 rings (SSSR count). The molecule has 21 heavy (non-hydrogen) atoms. The third-order valence-corrected chi connectivity index (χ3v) is 4.75. The Labute approximate surface area is 128 Å². The van der Waals surface area contributed by atoms with Crippen molar-refractivity contribution in [3.8, 4) is 0 Å². The average Bonchev–Trinajstić information content (AvgIpc) is 2.90. The first-order chi connectivity index (χ1) is 9.88. The van der Waals surface area contributed by atoms with Gasteiger partial charge >= 0.3 is 0 Å². The van der Waals surface area contributed by atoms with Gasteiger partial charge in [-0.25, -0.2) is 8.78 Å². The number of nitrogens with zero attached hydrogens (tertiary/aromatic N) is 1. The average molecular weight is 363 g/mol.